The molecular weight excluding hydrogens is 254 g/mol. The van der Waals surface area contributed by atoms with Gasteiger partial charge >= 0.3 is 5.97 Å². The predicted molar refractivity (Wildman–Crippen MR) is 77.9 cm³/mol. The predicted octanol–water partition coefficient (Wildman–Crippen LogP) is 2.82. The quantitative estimate of drug-likeness (QED) is 0.752. The summed E-state index contributed by atoms with van der Waals surface area (Å²) in [5.41, 5.74) is 1.32. The van der Waals surface area contributed by atoms with Crippen molar-refractivity contribution in [1.29, 1.82) is 0 Å². The second-order valence-electron chi connectivity index (χ2n) is 5.31. The summed E-state index contributed by atoms with van der Waals surface area (Å²) in [6, 6.07) is 7.02. The maximum Gasteiger partial charge on any atom is 0.335 e. The molecule has 0 spiro atoms. The molecule has 4 nitrogen and oxygen atoms in total. The van der Waals surface area contributed by atoms with Crippen LogP contribution in [0.2, 0.25) is 0 Å². The Morgan fingerprint density at radius 1 is 1.30 bits per heavy atom. The highest BCUT2D eigenvalue weighted by Crippen LogP contribution is 2.19. The van der Waals surface area contributed by atoms with Crippen LogP contribution in [-0.4, -0.2) is 30.3 Å². The van der Waals surface area contributed by atoms with Gasteiger partial charge in [-0.3, -0.25) is 0 Å². The van der Waals surface area contributed by atoms with E-state index >= 15 is 0 Å². The molecule has 1 aliphatic rings. The van der Waals surface area contributed by atoms with Gasteiger partial charge in [-0.05, 0) is 30.5 Å². The smallest absolute Gasteiger partial charge is 0.335 e. The molecule has 2 N–H and O–H groups in total. The van der Waals surface area contributed by atoms with Gasteiger partial charge in [-0.1, -0.05) is 31.4 Å². The van der Waals surface area contributed by atoms with E-state index in [-0.39, 0.29) is 0 Å². The Hall–Kier alpha value is -1.39. The van der Waals surface area contributed by atoms with E-state index in [1.54, 1.807) is 18.2 Å². The second kappa shape index (κ2) is 8.02. The number of hydrogen-bond acceptors (Lipinski definition) is 3. The van der Waals surface area contributed by atoms with Gasteiger partial charge in [-0.25, -0.2) is 4.79 Å². The zero-order valence-electron chi connectivity index (χ0n) is 11.8. The van der Waals surface area contributed by atoms with Gasteiger partial charge in [0.2, 0.25) is 0 Å². The maximum atomic E-state index is 10.9. The summed E-state index contributed by atoms with van der Waals surface area (Å²) in [4.78, 5) is 10.9. The van der Waals surface area contributed by atoms with E-state index in [1.807, 2.05) is 6.07 Å². The van der Waals surface area contributed by atoms with Gasteiger partial charge < -0.3 is 15.2 Å². The van der Waals surface area contributed by atoms with Gasteiger partial charge in [-0.2, -0.15) is 0 Å². The number of carbonyl (C=O) groups is 1. The fourth-order valence-electron chi connectivity index (χ4n) is 2.58. The van der Waals surface area contributed by atoms with E-state index in [9.17, 15) is 4.79 Å². The van der Waals surface area contributed by atoms with Crippen LogP contribution in [0, 0.1) is 0 Å². The van der Waals surface area contributed by atoms with E-state index in [0.29, 0.717) is 18.2 Å². The van der Waals surface area contributed by atoms with Crippen LogP contribution in [0.3, 0.4) is 0 Å². The highest BCUT2D eigenvalue weighted by molar-refractivity contribution is 5.87. The molecule has 0 aromatic heterocycles. The molecule has 0 heterocycles. The molecule has 1 aromatic carbocycles. The van der Waals surface area contributed by atoms with Crippen LogP contribution >= 0.6 is 0 Å². The number of carboxylic acids is 1. The zero-order chi connectivity index (χ0) is 14.2. The van der Waals surface area contributed by atoms with Crippen LogP contribution in [-0.2, 0) is 11.3 Å². The first-order valence-corrected chi connectivity index (χ1v) is 7.40. The van der Waals surface area contributed by atoms with Crippen molar-refractivity contribution in [2.45, 2.75) is 44.8 Å². The second-order valence-corrected chi connectivity index (χ2v) is 5.31. The molecule has 4 heteroatoms. The van der Waals surface area contributed by atoms with Crippen molar-refractivity contribution in [1.82, 2.24) is 5.32 Å². The van der Waals surface area contributed by atoms with E-state index in [4.69, 9.17) is 9.84 Å². The number of aromatic carboxylic acids is 1. The van der Waals surface area contributed by atoms with Crippen LogP contribution in [0.5, 0.6) is 0 Å². The average molecular weight is 277 g/mol. The standard InChI is InChI=1S/C16H23NO3/c18-16(19)14-6-4-5-13(11-14)12-17-9-10-20-15-7-2-1-3-8-15/h4-6,11,15,17H,1-3,7-10,12H2,(H,18,19). The Labute approximate surface area is 120 Å². The minimum atomic E-state index is -0.882. The van der Waals surface area contributed by atoms with E-state index in [0.717, 1.165) is 18.7 Å². The lowest BCUT2D eigenvalue weighted by molar-refractivity contribution is 0.0302. The highest BCUT2D eigenvalue weighted by Gasteiger charge is 2.12. The van der Waals surface area contributed by atoms with Crippen LogP contribution < -0.4 is 5.32 Å². The minimum absolute atomic E-state index is 0.336. The van der Waals surface area contributed by atoms with Gasteiger partial charge in [0.1, 0.15) is 0 Å². The fourth-order valence-corrected chi connectivity index (χ4v) is 2.58. The highest BCUT2D eigenvalue weighted by atomic mass is 16.5. The van der Waals surface area contributed by atoms with E-state index in [1.165, 1.54) is 32.1 Å². The molecule has 110 valence electrons. The van der Waals surface area contributed by atoms with Gasteiger partial charge in [0.05, 0.1) is 18.3 Å². The van der Waals surface area contributed by atoms with Gasteiger partial charge in [0, 0.05) is 13.1 Å². The third-order valence-corrected chi connectivity index (χ3v) is 3.69. The SMILES string of the molecule is O=C(O)c1cccc(CNCCOC2CCCCC2)c1. The van der Waals surface area contributed by atoms with Crippen molar-refractivity contribution in [3.63, 3.8) is 0 Å². The molecule has 0 saturated heterocycles. The van der Waals surface area contributed by atoms with Crippen molar-refractivity contribution in [3.05, 3.63) is 35.4 Å². The molecule has 1 fully saturated rings. The Bertz CT molecular complexity index is 427. The third-order valence-electron chi connectivity index (χ3n) is 3.69. The van der Waals surface area contributed by atoms with Crippen molar-refractivity contribution in [2.24, 2.45) is 0 Å². The molecule has 1 saturated carbocycles. The number of hydrogen-bond donors (Lipinski definition) is 2. The van der Waals surface area contributed by atoms with Crippen molar-refractivity contribution in [3.8, 4) is 0 Å². The largest absolute Gasteiger partial charge is 0.478 e. The molecule has 0 amide bonds. The third kappa shape index (κ3) is 4.94. The molecule has 0 atom stereocenters. The Morgan fingerprint density at radius 2 is 2.10 bits per heavy atom. The first-order valence-electron chi connectivity index (χ1n) is 7.40. The normalized spacial score (nSPS) is 16.2. The first-order chi connectivity index (χ1) is 9.75. The number of rotatable bonds is 7. The van der Waals surface area contributed by atoms with Crippen LogP contribution in [0.15, 0.2) is 24.3 Å². The molecule has 0 bridgehead atoms. The number of nitrogens with one attached hydrogen (secondary N) is 1. The topological polar surface area (TPSA) is 58.6 Å². The lowest BCUT2D eigenvalue weighted by Gasteiger charge is -2.22. The monoisotopic (exact) mass is 277 g/mol. The molecule has 20 heavy (non-hydrogen) atoms. The summed E-state index contributed by atoms with van der Waals surface area (Å²) in [5.74, 6) is -0.882. The Kier molecular flexibility index (Phi) is 6.02. The summed E-state index contributed by atoms with van der Waals surface area (Å²) < 4.78 is 5.83. The summed E-state index contributed by atoms with van der Waals surface area (Å²) in [7, 11) is 0. The maximum absolute atomic E-state index is 10.9. The van der Waals surface area contributed by atoms with Crippen molar-refractivity contribution in [2.75, 3.05) is 13.2 Å². The lowest BCUT2D eigenvalue weighted by Crippen LogP contribution is -2.24. The summed E-state index contributed by atoms with van der Waals surface area (Å²) in [6.45, 7) is 2.20. The van der Waals surface area contributed by atoms with E-state index in [2.05, 4.69) is 5.32 Å². The summed E-state index contributed by atoms with van der Waals surface area (Å²) in [5, 5.41) is 12.2. The van der Waals surface area contributed by atoms with Gasteiger partial charge in [-0.15, -0.1) is 0 Å². The van der Waals surface area contributed by atoms with Crippen LogP contribution in [0.1, 0.15) is 48.0 Å². The Balaban J connectivity index is 1.63. The molecular formula is C16H23NO3. The van der Waals surface area contributed by atoms with Gasteiger partial charge in [0.15, 0.2) is 0 Å². The number of benzene rings is 1. The number of carboxylic acid groups (broad SMARTS) is 1. The molecule has 2 rings (SSSR count). The summed E-state index contributed by atoms with van der Waals surface area (Å²) >= 11 is 0. The molecule has 0 radical (unpaired) electrons. The van der Waals surface area contributed by atoms with Crippen molar-refractivity contribution >= 4 is 5.97 Å². The molecule has 1 aliphatic carbocycles. The number of ether oxygens (including phenoxy) is 1. The van der Waals surface area contributed by atoms with Crippen molar-refractivity contribution < 1.29 is 14.6 Å². The van der Waals surface area contributed by atoms with Crippen LogP contribution in [0.4, 0.5) is 0 Å². The van der Waals surface area contributed by atoms with Gasteiger partial charge in [0.25, 0.3) is 0 Å². The summed E-state index contributed by atoms with van der Waals surface area (Å²) in [6.07, 6.45) is 6.76. The Morgan fingerprint density at radius 3 is 2.85 bits per heavy atom. The zero-order valence-corrected chi connectivity index (χ0v) is 11.8. The minimum Gasteiger partial charge on any atom is -0.478 e. The molecule has 0 aliphatic heterocycles. The fraction of sp³-hybridized carbons (Fsp3) is 0.562. The van der Waals surface area contributed by atoms with E-state index < -0.39 is 5.97 Å². The molecule has 1 aromatic rings. The molecule has 0 unspecified atom stereocenters. The lowest BCUT2D eigenvalue weighted by atomic mass is 9.98. The average Bonchev–Trinajstić information content (AvgIpc) is 2.48. The van der Waals surface area contributed by atoms with Crippen LogP contribution in [0.25, 0.3) is 0 Å². The first kappa shape index (κ1) is 15.0.